The second-order valence-electron chi connectivity index (χ2n) is 7.37. The Hall–Kier alpha value is -2.18. The van der Waals surface area contributed by atoms with E-state index >= 15 is 0 Å². The van der Waals surface area contributed by atoms with Crippen molar-refractivity contribution in [1.29, 1.82) is 0 Å². The first-order chi connectivity index (χ1) is 15.6. The number of hydrogen-bond donors (Lipinski definition) is 0. The van der Waals surface area contributed by atoms with Crippen LogP contribution < -0.4 is 5.01 Å². The summed E-state index contributed by atoms with van der Waals surface area (Å²) in [6, 6.07) is 14.8. The smallest absolute Gasteiger partial charge is 0.257 e. The Morgan fingerprint density at radius 1 is 0.848 bits per heavy atom. The first-order valence-corrected chi connectivity index (χ1v) is 11.2. The van der Waals surface area contributed by atoms with E-state index < -0.39 is 17.8 Å². The van der Waals surface area contributed by atoms with E-state index in [9.17, 15) is 13.2 Å². The summed E-state index contributed by atoms with van der Waals surface area (Å²) in [4.78, 5) is 0. The van der Waals surface area contributed by atoms with Gasteiger partial charge in [0, 0.05) is 26.5 Å². The van der Waals surface area contributed by atoms with E-state index in [0.717, 1.165) is 17.7 Å². The standard InChI is InChI=1S/C24H15Cl4F3N2/c25-16-6-4-14(21(27)11-16)5-8-18-13-23(20-9-7-17(26)12-22(20)28)33(32-18)19-3-1-2-15(10-19)24(29,30)31/h1-12,23H,13H2/b8-5+. The summed E-state index contributed by atoms with van der Waals surface area (Å²) in [5, 5.41) is 8.01. The third kappa shape index (κ3) is 5.49. The van der Waals surface area contributed by atoms with Crippen LogP contribution in [0.5, 0.6) is 0 Å². The molecule has 3 aromatic rings. The highest BCUT2D eigenvalue weighted by Gasteiger charge is 2.34. The molecule has 170 valence electrons. The van der Waals surface area contributed by atoms with Gasteiger partial charge in [-0.2, -0.15) is 18.3 Å². The zero-order valence-electron chi connectivity index (χ0n) is 16.8. The molecule has 0 amide bonds. The van der Waals surface area contributed by atoms with Crippen LogP contribution >= 0.6 is 46.4 Å². The maximum atomic E-state index is 13.3. The predicted octanol–water partition coefficient (Wildman–Crippen LogP) is 9.34. The van der Waals surface area contributed by atoms with E-state index in [1.807, 2.05) is 0 Å². The van der Waals surface area contributed by atoms with Crippen molar-refractivity contribution in [3.05, 3.63) is 104 Å². The van der Waals surface area contributed by atoms with Gasteiger partial charge in [0.15, 0.2) is 0 Å². The van der Waals surface area contributed by atoms with Crippen molar-refractivity contribution < 1.29 is 13.2 Å². The Morgan fingerprint density at radius 3 is 2.21 bits per heavy atom. The molecule has 1 unspecified atom stereocenters. The highest BCUT2D eigenvalue weighted by molar-refractivity contribution is 6.36. The van der Waals surface area contributed by atoms with Crippen LogP contribution in [0.2, 0.25) is 20.1 Å². The molecule has 0 radical (unpaired) electrons. The number of rotatable bonds is 4. The molecule has 0 aromatic heterocycles. The number of hydrazone groups is 1. The first kappa shape index (κ1) is 24.0. The number of nitrogens with zero attached hydrogens (tertiary/aromatic N) is 2. The van der Waals surface area contributed by atoms with Crippen molar-refractivity contribution in [1.82, 2.24) is 0 Å². The maximum Gasteiger partial charge on any atom is 0.416 e. The van der Waals surface area contributed by atoms with E-state index in [0.29, 0.717) is 43.5 Å². The van der Waals surface area contributed by atoms with Gasteiger partial charge < -0.3 is 0 Å². The predicted molar refractivity (Wildman–Crippen MR) is 131 cm³/mol. The zero-order valence-corrected chi connectivity index (χ0v) is 19.8. The number of anilines is 1. The van der Waals surface area contributed by atoms with Gasteiger partial charge in [0.05, 0.1) is 23.0 Å². The molecule has 1 atom stereocenters. The van der Waals surface area contributed by atoms with Crippen LogP contribution in [-0.2, 0) is 6.18 Å². The summed E-state index contributed by atoms with van der Waals surface area (Å²) in [7, 11) is 0. The molecule has 0 spiro atoms. The molecule has 1 aliphatic rings. The summed E-state index contributed by atoms with van der Waals surface area (Å²) in [6.07, 6.45) is -0.493. The molecule has 2 nitrogen and oxygen atoms in total. The van der Waals surface area contributed by atoms with Crippen molar-refractivity contribution in [2.45, 2.75) is 18.6 Å². The van der Waals surface area contributed by atoms with Gasteiger partial charge >= 0.3 is 6.18 Å². The molecule has 33 heavy (non-hydrogen) atoms. The van der Waals surface area contributed by atoms with Crippen molar-refractivity contribution in [3.8, 4) is 0 Å². The van der Waals surface area contributed by atoms with Crippen LogP contribution in [0.4, 0.5) is 18.9 Å². The van der Waals surface area contributed by atoms with Crippen LogP contribution in [0.15, 0.2) is 71.8 Å². The fourth-order valence-corrected chi connectivity index (χ4v) is 4.54. The minimum atomic E-state index is -4.47. The highest BCUT2D eigenvalue weighted by Crippen LogP contribution is 2.41. The van der Waals surface area contributed by atoms with Crippen LogP contribution in [0, 0.1) is 0 Å². The molecule has 1 aliphatic heterocycles. The number of halogens is 7. The van der Waals surface area contributed by atoms with Crippen LogP contribution in [0.3, 0.4) is 0 Å². The van der Waals surface area contributed by atoms with Gasteiger partial charge in [-0.05, 0) is 59.7 Å². The second-order valence-corrected chi connectivity index (χ2v) is 9.06. The molecule has 9 heteroatoms. The Balaban J connectivity index is 1.73. The average Bonchev–Trinajstić information content (AvgIpc) is 3.16. The van der Waals surface area contributed by atoms with Crippen molar-refractivity contribution in [2.24, 2.45) is 5.10 Å². The van der Waals surface area contributed by atoms with E-state index in [-0.39, 0.29) is 0 Å². The molecule has 0 saturated carbocycles. The Morgan fingerprint density at radius 2 is 1.55 bits per heavy atom. The SMILES string of the molecule is FC(F)(F)c1cccc(N2N=C(/C=C/c3ccc(Cl)cc3Cl)CC2c2ccc(Cl)cc2Cl)c1. The van der Waals surface area contributed by atoms with Gasteiger partial charge in [0.25, 0.3) is 0 Å². The lowest BCUT2D eigenvalue weighted by Gasteiger charge is -2.25. The number of hydrogen-bond acceptors (Lipinski definition) is 2. The molecule has 4 rings (SSSR count). The van der Waals surface area contributed by atoms with Crippen LogP contribution in [0.25, 0.3) is 6.08 Å². The number of benzene rings is 3. The van der Waals surface area contributed by atoms with Crippen molar-refractivity contribution in [3.63, 3.8) is 0 Å². The Kier molecular flexibility index (Phi) is 6.96. The van der Waals surface area contributed by atoms with Crippen LogP contribution in [-0.4, -0.2) is 5.71 Å². The van der Waals surface area contributed by atoms with Crippen LogP contribution in [0.1, 0.15) is 29.2 Å². The minimum absolute atomic E-state index is 0.300. The van der Waals surface area contributed by atoms with E-state index in [1.54, 1.807) is 59.6 Å². The molecule has 3 aromatic carbocycles. The van der Waals surface area contributed by atoms with Gasteiger partial charge in [-0.1, -0.05) is 70.7 Å². The van der Waals surface area contributed by atoms with E-state index in [2.05, 4.69) is 5.10 Å². The largest absolute Gasteiger partial charge is 0.416 e. The molecule has 0 aliphatic carbocycles. The summed E-state index contributed by atoms with van der Waals surface area (Å²) < 4.78 is 39.9. The zero-order chi connectivity index (χ0) is 23.8. The van der Waals surface area contributed by atoms with Crippen molar-refractivity contribution in [2.75, 3.05) is 5.01 Å². The number of allylic oxidation sites excluding steroid dienone is 1. The molecule has 1 heterocycles. The van der Waals surface area contributed by atoms with Crippen molar-refractivity contribution >= 4 is 63.9 Å². The lowest BCUT2D eigenvalue weighted by atomic mass is 10.0. The monoisotopic (exact) mass is 528 g/mol. The van der Waals surface area contributed by atoms with Gasteiger partial charge in [0.1, 0.15) is 0 Å². The minimum Gasteiger partial charge on any atom is -0.257 e. The lowest BCUT2D eigenvalue weighted by Crippen LogP contribution is -2.19. The summed E-state index contributed by atoms with van der Waals surface area (Å²) in [5.41, 5.74) is 1.63. The highest BCUT2D eigenvalue weighted by atomic mass is 35.5. The maximum absolute atomic E-state index is 13.3. The quantitative estimate of drug-likeness (QED) is 0.328. The fourth-order valence-electron chi connectivity index (χ4n) is 3.53. The van der Waals surface area contributed by atoms with Gasteiger partial charge in [-0.25, -0.2) is 0 Å². The molecular formula is C24H15Cl4F3N2. The summed E-state index contributed by atoms with van der Waals surface area (Å²) in [6.45, 7) is 0. The Labute approximate surface area is 208 Å². The number of alkyl halides is 3. The fraction of sp³-hybridized carbons (Fsp3) is 0.125. The third-order valence-electron chi connectivity index (χ3n) is 5.11. The topological polar surface area (TPSA) is 15.6 Å². The van der Waals surface area contributed by atoms with Gasteiger partial charge in [0.2, 0.25) is 0 Å². The van der Waals surface area contributed by atoms with E-state index in [1.165, 1.54) is 6.07 Å². The molecule has 0 saturated heterocycles. The second kappa shape index (κ2) is 9.59. The van der Waals surface area contributed by atoms with E-state index in [4.69, 9.17) is 46.4 Å². The summed E-state index contributed by atoms with van der Waals surface area (Å²) >= 11 is 24.7. The lowest BCUT2D eigenvalue weighted by molar-refractivity contribution is -0.137. The normalized spacial score (nSPS) is 16.5. The first-order valence-electron chi connectivity index (χ1n) is 9.74. The molecular weight excluding hydrogens is 515 g/mol. The summed E-state index contributed by atoms with van der Waals surface area (Å²) in [5.74, 6) is 0. The molecule has 0 N–H and O–H groups in total. The van der Waals surface area contributed by atoms with Gasteiger partial charge in [-0.3, -0.25) is 5.01 Å². The third-order valence-corrected chi connectivity index (χ3v) is 6.24. The Bertz CT molecular complexity index is 1250. The van der Waals surface area contributed by atoms with Gasteiger partial charge in [-0.15, -0.1) is 0 Å². The molecule has 0 fully saturated rings. The average molecular weight is 530 g/mol. The molecule has 0 bridgehead atoms.